The molecular weight excluding hydrogens is 336 g/mol. The Labute approximate surface area is 154 Å². The lowest BCUT2D eigenvalue weighted by Gasteiger charge is -2.37. The molecule has 0 atom stereocenters. The molecule has 140 valence electrons. The van der Waals surface area contributed by atoms with Crippen LogP contribution >= 0.6 is 11.3 Å². The Balaban J connectivity index is 1.61. The minimum absolute atomic E-state index is 0.0966. The molecule has 1 aliphatic heterocycles. The van der Waals surface area contributed by atoms with Crippen molar-refractivity contribution >= 4 is 23.2 Å². The van der Waals surface area contributed by atoms with Crippen LogP contribution < -0.4 is 0 Å². The van der Waals surface area contributed by atoms with E-state index < -0.39 is 5.97 Å². The van der Waals surface area contributed by atoms with E-state index in [0.717, 1.165) is 58.2 Å². The summed E-state index contributed by atoms with van der Waals surface area (Å²) in [6.45, 7) is 4.36. The molecule has 0 aromatic carbocycles. The van der Waals surface area contributed by atoms with Crippen LogP contribution in [0.4, 0.5) is 0 Å². The third-order valence-corrected chi connectivity index (χ3v) is 5.91. The number of piperidine rings is 1. The number of likely N-dealkylation sites (tertiary alicyclic amines) is 1. The largest absolute Gasteiger partial charge is 0.480 e. The predicted octanol–water partition coefficient (Wildman–Crippen LogP) is 3.25. The van der Waals surface area contributed by atoms with Gasteiger partial charge in [0, 0.05) is 30.4 Å². The second kappa shape index (κ2) is 10.6. The molecule has 1 aromatic heterocycles. The first-order chi connectivity index (χ1) is 12.1. The zero-order chi connectivity index (χ0) is 18.1. The van der Waals surface area contributed by atoms with Crippen LogP contribution in [0, 0.1) is 0 Å². The van der Waals surface area contributed by atoms with Crippen molar-refractivity contribution in [2.75, 3.05) is 26.2 Å². The number of thiophene rings is 1. The number of aliphatic carboxylic acids is 1. The lowest BCUT2D eigenvalue weighted by Crippen LogP contribution is -2.48. The third-order valence-electron chi connectivity index (χ3n) is 4.97. The van der Waals surface area contributed by atoms with E-state index >= 15 is 0 Å². The highest BCUT2D eigenvalue weighted by Gasteiger charge is 2.26. The summed E-state index contributed by atoms with van der Waals surface area (Å²) in [5.41, 5.74) is 0. The number of carboxylic acids is 1. The Morgan fingerprint density at radius 1 is 1.28 bits per heavy atom. The van der Waals surface area contributed by atoms with Gasteiger partial charge in [0.25, 0.3) is 0 Å². The number of hydrogen-bond donors (Lipinski definition) is 1. The number of carbonyl (C=O) groups excluding carboxylic acids is 1. The second-order valence-corrected chi connectivity index (χ2v) is 7.74. The van der Waals surface area contributed by atoms with Gasteiger partial charge in [-0.15, -0.1) is 11.3 Å². The summed E-state index contributed by atoms with van der Waals surface area (Å²) in [7, 11) is 0. The first-order valence-electron chi connectivity index (χ1n) is 9.36. The summed E-state index contributed by atoms with van der Waals surface area (Å²) in [6, 6.07) is 4.55. The quantitative estimate of drug-likeness (QED) is 0.646. The molecule has 1 amide bonds. The summed E-state index contributed by atoms with van der Waals surface area (Å²) in [4.78, 5) is 28.7. The highest BCUT2D eigenvalue weighted by Crippen LogP contribution is 2.18. The number of aryl methyl sites for hydroxylation is 1. The second-order valence-electron chi connectivity index (χ2n) is 6.71. The maximum atomic E-state index is 12.3. The molecule has 0 bridgehead atoms. The van der Waals surface area contributed by atoms with E-state index in [1.165, 1.54) is 4.88 Å². The van der Waals surface area contributed by atoms with Crippen molar-refractivity contribution in [2.24, 2.45) is 0 Å². The van der Waals surface area contributed by atoms with Gasteiger partial charge in [0.1, 0.15) is 0 Å². The number of rotatable bonds is 10. The number of unbranched alkanes of at least 4 members (excludes halogenated alkanes) is 2. The summed E-state index contributed by atoms with van der Waals surface area (Å²) in [5.74, 6) is -0.515. The maximum Gasteiger partial charge on any atom is 0.317 e. The molecule has 5 nitrogen and oxygen atoms in total. The van der Waals surface area contributed by atoms with E-state index in [-0.39, 0.29) is 18.5 Å². The molecule has 0 unspecified atom stereocenters. The molecule has 0 spiro atoms. The van der Waals surface area contributed by atoms with E-state index in [2.05, 4.69) is 17.5 Å². The van der Waals surface area contributed by atoms with Gasteiger partial charge in [0.05, 0.1) is 6.54 Å². The van der Waals surface area contributed by atoms with Crippen LogP contribution in [0.25, 0.3) is 0 Å². The van der Waals surface area contributed by atoms with Crippen LogP contribution in [-0.4, -0.2) is 59.0 Å². The molecule has 2 rings (SSSR count). The molecule has 1 fully saturated rings. The van der Waals surface area contributed by atoms with Crippen LogP contribution in [0.15, 0.2) is 17.5 Å². The average molecular weight is 367 g/mol. The summed E-state index contributed by atoms with van der Waals surface area (Å²) in [5, 5.41) is 11.1. The van der Waals surface area contributed by atoms with Crippen molar-refractivity contribution in [3.05, 3.63) is 22.4 Å². The molecule has 0 saturated carbocycles. The molecule has 1 aliphatic rings. The summed E-state index contributed by atoms with van der Waals surface area (Å²) >= 11 is 1.80. The minimum atomic E-state index is -0.775. The Morgan fingerprint density at radius 2 is 2.04 bits per heavy atom. The fraction of sp³-hybridized carbons (Fsp3) is 0.684. The normalized spacial score (nSPS) is 15.7. The van der Waals surface area contributed by atoms with Gasteiger partial charge >= 0.3 is 5.97 Å². The molecule has 0 radical (unpaired) electrons. The molecule has 25 heavy (non-hydrogen) atoms. The molecule has 6 heteroatoms. The van der Waals surface area contributed by atoms with Crippen molar-refractivity contribution in [1.29, 1.82) is 0 Å². The maximum absolute atomic E-state index is 12.3. The highest BCUT2D eigenvalue weighted by molar-refractivity contribution is 7.09. The summed E-state index contributed by atoms with van der Waals surface area (Å²) in [6.07, 6.45) is 6.73. The Hall–Kier alpha value is -1.40. The molecule has 1 N–H and O–H groups in total. The van der Waals surface area contributed by atoms with Crippen molar-refractivity contribution < 1.29 is 14.7 Å². The van der Waals surface area contributed by atoms with Crippen molar-refractivity contribution in [2.45, 2.75) is 57.9 Å². The number of nitrogens with zero attached hydrogens (tertiary/aromatic N) is 2. The molecule has 2 heterocycles. The molecule has 1 aromatic rings. The van der Waals surface area contributed by atoms with Crippen molar-refractivity contribution in [1.82, 2.24) is 9.80 Å². The third kappa shape index (κ3) is 6.78. The van der Waals surface area contributed by atoms with E-state index in [9.17, 15) is 9.59 Å². The van der Waals surface area contributed by atoms with Crippen molar-refractivity contribution in [3.63, 3.8) is 0 Å². The van der Waals surface area contributed by atoms with Gasteiger partial charge < -0.3 is 10.0 Å². The Bertz CT molecular complexity index is 525. The predicted molar refractivity (Wildman–Crippen MR) is 101 cm³/mol. The van der Waals surface area contributed by atoms with Gasteiger partial charge in [0.2, 0.25) is 5.91 Å². The lowest BCUT2D eigenvalue weighted by atomic mass is 10.0. The smallest absolute Gasteiger partial charge is 0.317 e. The Morgan fingerprint density at radius 3 is 2.64 bits per heavy atom. The van der Waals surface area contributed by atoms with E-state index in [1.807, 2.05) is 16.7 Å². The standard InChI is InChI=1S/C19H30N2O3S/c1-2-20(15-19(23)24)16-10-12-21(13-11-16)18(22)9-5-3-4-7-17-8-6-14-25-17/h6,8,14,16H,2-5,7,9-13,15H2,1H3,(H,23,24). The van der Waals surface area contributed by atoms with Crippen LogP contribution in [0.1, 0.15) is 50.3 Å². The van der Waals surface area contributed by atoms with E-state index in [4.69, 9.17) is 5.11 Å². The van der Waals surface area contributed by atoms with Gasteiger partial charge in [0.15, 0.2) is 0 Å². The number of likely N-dealkylation sites (N-methyl/N-ethyl adjacent to an activating group) is 1. The minimum Gasteiger partial charge on any atom is -0.480 e. The SMILES string of the molecule is CCN(CC(=O)O)C1CCN(C(=O)CCCCCc2cccs2)CC1. The van der Waals surface area contributed by atoms with Crippen LogP contribution in [0.5, 0.6) is 0 Å². The van der Waals surface area contributed by atoms with Gasteiger partial charge in [-0.2, -0.15) is 0 Å². The van der Waals surface area contributed by atoms with E-state index in [0.29, 0.717) is 6.42 Å². The first-order valence-corrected chi connectivity index (χ1v) is 10.2. The molecule has 1 saturated heterocycles. The molecular formula is C19H30N2O3S. The fourth-order valence-electron chi connectivity index (χ4n) is 3.52. The average Bonchev–Trinajstić information content (AvgIpc) is 3.12. The monoisotopic (exact) mass is 366 g/mol. The van der Waals surface area contributed by atoms with Crippen LogP contribution in [0.2, 0.25) is 0 Å². The van der Waals surface area contributed by atoms with Gasteiger partial charge in [-0.3, -0.25) is 14.5 Å². The topological polar surface area (TPSA) is 60.9 Å². The zero-order valence-corrected chi connectivity index (χ0v) is 16.0. The van der Waals surface area contributed by atoms with Gasteiger partial charge in [-0.25, -0.2) is 0 Å². The molecule has 0 aliphatic carbocycles. The van der Waals surface area contributed by atoms with Crippen LogP contribution in [-0.2, 0) is 16.0 Å². The zero-order valence-electron chi connectivity index (χ0n) is 15.2. The Kier molecular flexibility index (Phi) is 8.41. The number of hydrogen-bond acceptors (Lipinski definition) is 4. The van der Waals surface area contributed by atoms with Gasteiger partial charge in [-0.1, -0.05) is 19.4 Å². The fourth-order valence-corrected chi connectivity index (χ4v) is 4.27. The number of carbonyl (C=O) groups is 2. The number of carboxylic acid groups (broad SMARTS) is 1. The van der Waals surface area contributed by atoms with Crippen molar-refractivity contribution in [3.8, 4) is 0 Å². The van der Waals surface area contributed by atoms with Crippen LogP contribution in [0.3, 0.4) is 0 Å². The highest BCUT2D eigenvalue weighted by atomic mass is 32.1. The summed E-state index contributed by atoms with van der Waals surface area (Å²) < 4.78 is 0. The van der Waals surface area contributed by atoms with E-state index in [1.54, 1.807) is 11.3 Å². The number of amides is 1. The lowest BCUT2D eigenvalue weighted by molar-refractivity contribution is -0.140. The van der Waals surface area contributed by atoms with Gasteiger partial charge in [-0.05, 0) is 50.1 Å². The first kappa shape index (κ1) is 19.9.